The second-order valence-corrected chi connectivity index (χ2v) is 5.29. The zero-order chi connectivity index (χ0) is 12.6. The molecule has 0 amide bonds. The molecule has 4 N–H and O–H groups in total. The molecule has 0 aliphatic carbocycles. The highest BCUT2D eigenvalue weighted by atomic mass is 14.8. The summed E-state index contributed by atoms with van der Waals surface area (Å²) in [6, 6.07) is 0. The molecule has 0 aromatic carbocycles. The van der Waals surface area contributed by atoms with Gasteiger partial charge in [-0.15, -0.1) is 0 Å². The van der Waals surface area contributed by atoms with Crippen LogP contribution in [0.5, 0.6) is 0 Å². The summed E-state index contributed by atoms with van der Waals surface area (Å²) in [5.74, 6) is 0. The third-order valence-electron chi connectivity index (χ3n) is 3.41. The largest absolute Gasteiger partial charge is 0.344 e. The maximum absolute atomic E-state index is 3.57. The normalized spacial score (nSPS) is 10.3. The Morgan fingerprint density at radius 1 is 0.500 bits per heavy atom. The van der Waals surface area contributed by atoms with Gasteiger partial charge >= 0.3 is 0 Å². The van der Waals surface area contributed by atoms with Crippen molar-refractivity contribution in [3.8, 4) is 0 Å². The first kappa shape index (κ1) is 20.2. The van der Waals surface area contributed by atoms with E-state index in [4.69, 9.17) is 0 Å². The molecule has 0 unspecified atom stereocenters. The Bertz CT molecular complexity index is 112. The summed E-state index contributed by atoms with van der Waals surface area (Å²) in [7, 11) is 0. The van der Waals surface area contributed by atoms with E-state index in [0.717, 1.165) is 0 Å². The van der Waals surface area contributed by atoms with Gasteiger partial charge in [0.1, 0.15) is 0 Å². The van der Waals surface area contributed by atoms with Gasteiger partial charge in [0.25, 0.3) is 0 Å². The number of nitrogens with one attached hydrogen (secondary N) is 1. The molecule has 0 saturated carbocycles. The van der Waals surface area contributed by atoms with Crippen molar-refractivity contribution in [2.75, 3.05) is 13.1 Å². The average molecular weight is 258 g/mol. The summed E-state index contributed by atoms with van der Waals surface area (Å²) in [4.78, 5) is 0. The number of hydrogen-bond donors (Lipinski definition) is 2. The summed E-state index contributed by atoms with van der Waals surface area (Å²) in [5.41, 5.74) is 0. The average Bonchev–Trinajstić information content (AvgIpc) is 2.35. The Hall–Kier alpha value is -0.0800. The van der Waals surface area contributed by atoms with Gasteiger partial charge in [-0.05, 0) is 25.9 Å². The van der Waals surface area contributed by atoms with Crippen molar-refractivity contribution < 1.29 is 0 Å². The van der Waals surface area contributed by atoms with Crippen molar-refractivity contribution in [1.29, 1.82) is 0 Å². The van der Waals surface area contributed by atoms with Gasteiger partial charge < -0.3 is 11.5 Å². The monoisotopic (exact) mass is 258 g/mol. The van der Waals surface area contributed by atoms with E-state index in [9.17, 15) is 0 Å². The van der Waals surface area contributed by atoms with Crippen LogP contribution in [0, 0.1) is 0 Å². The van der Waals surface area contributed by atoms with Gasteiger partial charge in [-0.25, -0.2) is 0 Å². The number of hydrogen-bond acceptors (Lipinski definition) is 2. The predicted octanol–water partition coefficient (Wildman–Crippen LogP) is 5.46. The third-order valence-corrected chi connectivity index (χ3v) is 3.41. The highest BCUT2D eigenvalue weighted by molar-refractivity contribution is 4.51. The zero-order valence-electron chi connectivity index (χ0n) is 13.1. The first-order chi connectivity index (χ1) is 8.41. The minimum Gasteiger partial charge on any atom is -0.344 e. The molecule has 18 heavy (non-hydrogen) atoms. The molecule has 0 aromatic rings. The van der Waals surface area contributed by atoms with Gasteiger partial charge in [0.2, 0.25) is 0 Å². The van der Waals surface area contributed by atoms with Crippen molar-refractivity contribution >= 4 is 0 Å². The van der Waals surface area contributed by atoms with Gasteiger partial charge in [0.05, 0.1) is 0 Å². The molecule has 0 aromatic heterocycles. The lowest BCUT2D eigenvalue weighted by Crippen LogP contribution is -2.16. The van der Waals surface area contributed by atoms with Crippen molar-refractivity contribution in [1.82, 2.24) is 11.5 Å². The van der Waals surface area contributed by atoms with E-state index < -0.39 is 0 Å². The van der Waals surface area contributed by atoms with Gasteiger partial charge in [0.15, 0.2) is 0 Å². The minimum absolute atomic E-state index is 0. The van der Waals surface area contributed by atoms with Gasteiger partial charge in [0, 0.05) is 0 Å². The van der Waals surface area contributed by atoms with E-state index >= 15 is 0 Å². The molecule has 112 valence electrons. The Morgan fingerprint density at radius 3 is 1.22 bits per heavy atom. The molecular weight excluding hydrogens is 220 g/mol. The molecule has 0 spiro atoms. The van der Waals surface area contributed by atoms with Crippen LogP contribution in [0.25, 0.3) is 0 Å². The first-order valence-electron chi connectivity index (χ1n) is 8.12. The summed E-state index contributed by atoms with van der Waals surface area (Å²) >= 11 is 0. The van der Waals surface area contributed by atoms with Gasteiger partial charge in [-0.2, -0.15) is 0 Å². The van der Waals surface area contributed by atoms with Crippen LogP contribution in [-0.2, 0) is 0 Å². The van der Waals surface area contributed by atoms with Crippen molar-refractivity contribution in [2.45, 2.75) is 90.9 Å². The van der Waals surface area contributed by atoms with E-state index in [1.54, 1.807) is 0 Å². The van der Waals surface area contributed by atoms with Gasteiger partial charge in [-0.3, -0.25) is 0 Å². The minimum atomic E-state index is 0. The zero-order valence-corrected chi connectivity index (χ0v) is 13.1. The molecule has 2 nitrogen and oxygen atoms in total. The number of rotatable bonds is 14. The molecule has 0 radical (unpaired) electrons. The lowest BCUT2D eigenvalue weighted by atomic mass is 10.1. The smallest absolute Gasteiger partial charge is 0.00489 e. The molecule has 0 bridgehead atoms. The van der Waals surface area contributed by atoms with Crippen LogP contribution in [0.15, 0.2) is 0 Å². The third kappa shape index (κ3) is 18.3. The summed E-state index contributed by atoms with van der Waals surface area (Å²) in [6.07, 6.45) is 16.9. The SMILES string of the molecule is CCCCCCCCNCCCCCCCC.N. The lowest BCUT2D eigenvalue weighted by molar-refractivity contribution is 0.543. The quantitative estimate of drug-likeness (QED) is 0.406. The molecular formula is C16H38N2. The van der Waals surface area contributed by atoms with Crippen LogP contribution < -0.4 is 11.5 Å². The summed E-state index contributed by atoms with van der Waals surface area (Å²) in [5, 5.41) is 3.57. The molecule has 2 heteroatoms. The lowest BCUT2D eigenvalue weighted by Gasteiger charge is -2.04. The Morgan fingerprint density at radius 2 is 0.833 bits per heavy atom. The van der Waals surface area contributed by atoms with E-state index in [2.05, 4.69) is 19.2 Å². The maximum atomic E-state index is 3.57. The van der Waals surface area contributed by atoms with E-state index in [1.165, 1.54) is 90.1 Å². The van der Waals surface area contributed by atoms with E-state index in [1.807, 2.05) is 0 Å². The standard InChI is InChI=1S/C16H35N.H3N/c1-3-5-7-9-11-13-15-17-16-14-12-10-8-6-4-2;/h17H,3-16H2,1-2H3;1H3. The highest BCUT2D eigenvalue weighted by Gasteiger charge is 1.92. The van der Waals surface area contributed by atoms with Crippen molar-refractivity contribution in [2.24, 2.45) is 0 Å². The highest BCUT2D eigenvalue weighted by Crippen LogP contribution is 2.05. The number of unbranched alkanes of at least 4 members (excludes halogenated alkanes) is 10. The molecule has 0 fully saturated rings. The molecule has 0 aliphatic heterocycles. The fourth-order valence-corrected chi connectivity index (χ4v) is 2.19. The van der Waals surface area contributed by atoms with Crippen LogP contribution in [0.1, 0.15) is 90.9 Å². The maximum Gasteiger partial charge on any atom is -0.00489 e. The molecule has 0 rings (SSSR count). The first-order valence-corrected chi connectivity index (χ1v) is 8.12. The Labute approximate surface area is 116 Å². The van der Waals surface area contributed by atoms with Crippen LogP contribution in [0.4, 0.5) is 0 Å². The van der Waals surface area contributed by atoms with E-state index in [0.29, 0.717) is 0 Å². The van der Waals surface area contributed by atoms with Crippen LogP contribution in [0.3, 0.4) is 0 Å². The summed E-state index contributed by atoms with van der Waals surface area (Å²) < 4.78 is 0. The van der Waals surface area contributed by atoms with Gasteiger partial charge in [-0.1, -0.05) is 78.1 Å². The van der Waals surface area contributed by atoms with Crippen LogP contribution in [-0.4, -0.2) is 13.1 Å². The Kier molecular flexibility index (Phi) is 21.7. The second-order valence-electron chi connectivity index (χ2n) is 5.29. The summed E-state index contributed by atoms with van der Waals surface area (Å²) in [6.45, 7) is 7.03. The van der Waals surface area contributed by atoms with Crippen LogP contribution in [0.2, 0.25) is 0 Å². The van der Waals surface area contributed by atoms with Crippen molar-refractivity contribution in [3.63, 3.8) is 0 Å². The van der Waals surface area contributed by atoms with Crippen molar-refractivity contribution in [3.05, 3.63) is 0 Å². The van der Waals surface area contributed by atoms with E-state index in [-0.39, 0.29) is 6.15 Å². The topological polar surface area (TPSA) is 47.0 Å². The fourth-order valence-electron chi connectivity index (χ4n) is 2.19. The van der Waals surface area contributed by atoms with Crippen LogP contribution >= 0.6 is 0 Å². The fraction of sp³-hybridized carbons (Fsp3) is 1.00. The predicted molar refractivity (Wildman–Crippen MR) is 84.6 cm³/mol. The molecule has 0 atom stereocenters. The molecule has 0 heterocycles. The molecule has 0 saturated heterocycles. The second kappa shape index (κ2) is 19.3. The Balaban J connectivity index is 0. The molecule has 0 aliphatic rings.